The molecule has 1 aromatic carbocycles. The van der Waals surface area contributed by atoms with Gasteiger partial charge in [0.2, 0.25) is 0 Å². The molecule has 0 saturated carbocycles. The van der Waals surface area contributed by atoms with E-state index in [-0.39, 0.29) is 18.3 Å². The summed E-state index contributed by atoms with van der Waals surface area (Å²) in [6.07, 6.45) is 1.07. The predicted molar refractivity (Wildman–Crippen MR) is 103 cm³/mol. The van der Waals surface area contributed by atoms with Gasteiger partial charge in [0, 0.05) is 56.4 Å². The molecule has 0 spiro atoms. The van der Waals surface area contributed by atoms with Crippen molar-refractivity contribution >= 4 is 18.3 Å². The van der Waals surface area contributed by atoms with Crippen LogP contribution < -0.4 is 5.32 Å². The average Bonchev–Trinajstić information content (AvgIpc) is 3.31. The molecular weight excluding hydrogens is 352 g/mol. The van der Waals surface area contributed by atoms with Crippen LogP contribution in [0.2, 0.25) is 0 Å². The van der Waals surface area contributed by atoms with Crippen molar-refractivity contribution in [3.63, 3.8) is 0 Å². The number of nitrogens with zero attached hydrogens (tertiary/aromatic N) is 4. The van der Waals surface area contributed by atoms with Gasteiger partial charge in [0.15, 0.2) is 5.82 Å². The molecule has 2 saturated heterocycles. The first kappa shape index (κ1) is 18.8. The molecule has 1 aromatic heterocycles. The van der Waals surface area contributed by atoms with E-state index in [9.17, 15) is 4.79 Å². The molecule has 0 bridgehead atoms. The topological polar surface area (TPSA) is 77.2 Å². The fourth-order valence-electron chi connectivity index (χ4n) is 3.69. The van der Waals surface area contributed by atoms with Crippen LogP contribution in [-0.4, -0.2) is 76.2 Å². The fraction of sp³-hybridized carbons (Fsp3) is 0.500. The lowest BCUT2D eigenvalue weighted by Crippen LogP contribution is -2.49. The minimum absolute atomic E-state index is 0. The first-order valence-electron chi connectivity index (χ1n) is 8.94. The number of aromatic nitrogens is 3. The van der Waals surface area contributed by atoms with Gasteiger partial charge in [0.1, 0.15) is 5.82 Å². The number of carbonyl (C=O) groups is 1. The maximum Gasteiger partial charge on any atom is 0.253 e. The molecule has 0 aliphatic carbocycles. The van der Waals surface area contributed by atoms with E-state index in [1.54, 1.807) is 0 Å². The smallest absolute Gasteiger partial charge is 0.253 e. The Kier molecular flexibility index (Phi) is 5.90. The van der Waals surface area contributed by atoms with E-state index >= 15 is 0 Å². The Morgan fingerprint density at radius 3 is 2.54 bits per heavy atom. The van der Waals surface area contributed by atoms with Gasteiger partial charge >= 0.3 is 0 Å². The minimum atomic E-state index is 0. The third kappa shape index (κ3) is 3.90. The Balaban J connectivity index is 0.00000196. The number of nitrogens with one attached hydrogen (secondary N) is 2. The number of H-pyrrole nitrogens is 1. The number of carbonyl (C=O) groups excluding carboxylic acids is 1. The number of hydrogen-bond acceptors (Lipinski definition) is 5. The molecule has 2 aliphatic rings. The number of aromatic amines is 1. The molecule has 140 valence electrons. The van der Waals surface area contributed by atoms with Gasteiger partial charge in [-0.1, -0.05) is 12.1 Å². The van der Waals surface area contributed by atoms with Crippen molar-refractivity contribution in [2.24, 2.45) is 0 Å². The van der Waals surface area contributed by atoms with Crippen molar-refractivity contribution in [1.29, 1.82) is 0 Å². The largest absolute Gasteiger partial charge is 0.337 e. The van der Waals surface area contributed by atoms with E-state index in [0.717, 1.165) is 62.6 Å². The van der Waals surface area contributed by atoms with Gasteiger partial charge in [0.05, 0.1) is 0 Å². The molecule has 0 radical (unpaired) electrons. The van der Waals surface area contributed by atoms with Gasteiger partial charge in [-0.05, 0) is 25.5 Å². The lowest BCUT2D eigenvalue weighted by Gasteiger charge is -2.32. The molecule has 26 heavy (non-hydrogen) atoms. The summed E-state index contributed by atoms with van der Waals surface area (Å²) in [5.41, 5.74) is 1.65. The van der Waals surface area contributed by atoms with Crippen molar-refractivity contribution in [3.8, 4) is 11.4 Å². The highest BCUT2D eigenvalue weighted by Crippen LogP contribution is 2.20. The summed E-state index contributed by atoms with van der Waals surface area (Å²) in [6, 6.07) is 8.09. The second-order valence-corrected chi connectivity index (χ2v) is 6.80. The van der Waals surface area contributed by atoms with Gasteiger partial charge in [-0.15, -0.1) is 12.4 Å². The van der Waals surface area contributed by atoms with E-state index in [0.29, 0.717) is 11.9 Å². The number of aryl methyl sites for hydroxylation is 1. The Hall–Kier alpha value is -1.96. The van der Waals surface area contributed by atoms with Gasteiger partial charge in [-0.2, -0.15) is 5.10 Å². The molecule has 1 unspecified atom stereocenters. The zero-order valence-electron chi connectivity index (χ0n) is 14.9. The summed E-state index contributed by atoms with van der Waals surface area (Å²) in [5.74, 6) is 1.57. The van der Waals surface area contributed by atoms with E-state index in [1.165, 1.54) is 0 Å². The minimum Gasteiger partial charge on any atom is -0.337 e. The van der Waals surface area contributed by atoms with E-state index in [4.69, 9.17) is 0 Å². The molecule has 1 amide bonds. The number of amides is 1. The van der Waals surface area contributed by atoms with E-state index < -0.39 is 0 Å². The van der Waals surface area contributed by atoms with Gasteiger partial charge in [0.25, 0.3) is 5.91 Å². The van der Waals surface area contributed by atoms with E-state index in [1.807, 2.05) is 36.1 Å². The Bertz CT molecular complexity index is 740. The summed E-state index contributed by atoms with van der Waals surface area (Å²) < 4.78 is 0. The maximum atomic E-state index is 12.8. The lowest BCUT2D eigenvalue weighted by molar-refractivity contribution is 0.0773. The normalized spacial score (nSPS) is 20.8. The molecule has 2 N–H and O–H groups in total. The highest BCUT2D eigenvalue weighted by Gasteiger charge is 2.31. The first-order chi connectivity index (χ1) is 12.2. The van der Waals surface area contributed by atoms with Crippen LogP contribution in [0.25, 0.3) is 11.4 Å². The van der Waals surface area contributed by atoms with Crippen LogP contribution in [0.15, 0.2) is 24.3 Å². The number of piperazine rings is 1. The summed E-state index contributed by atoms with van der Waals surface area (Å²) in [4.78, 5) is 21.6. The first-order valence-corrected chi connectivity index (χ1v) is 8.94. The Labute approximate surface area is 159 Å². The number of benzene rings is 1. The molecule has 2 aliphatic heterocycles. The van der Waals surface area contributed by atoms with Gasteiger partial charge < -0.3 is 10.2 Å². The van der Waals surface area contributed by atoms with Crippen LogP contribution in [0.1, 0.15) is 22.6 Å². The molecule has 7 nitrogen and oxygen atoms in total. The van der Waals surface area contributed by atoms with E-state index in [2.05, 4.69) is 25.4 Å². The lowest BCUT2D eigenvalue weighted by atomic mass is 10.1. The molecule has 4 rings (SSSR count). The van der Waals surface area contributed by atoms with Crippen LogP contribution in [0.3, 0.4) is 0 Å². The standard InChI is InChI=1S/C18H24N6O.ClH/c1-13-20-17(22-21-13)14-2-4-15(5-3-14)18(25)24-9-6-16(12-24)23-10-7-19-8-11-23;/h2-5,16,19H,6-12H2,1H3,(H,20,21,22);1H. The number of hydrogen-bond donors (Lipinski definition) is 2. The zero-order valence-corrected chi connectivity index (χ0v) is 15.8. The summed E-state index contributed by atoms with van der Waals surface area (Å²) in [7, 11) is 0. The summed E-state index contributed by atoms with van der Waals surface area (Å²) in [6.45, 7) is 7.81. The molecule has 1 atom stereocenters. The van der Waals surface area contributed by atoms with Crippen molar-refractivity contribution in [2.75, 3.05) is 39.3 Å². The number of rotatable bonds is 3. The van der Waals surface area contributed by atoms with Crippen molar-refractivity contribution in [3.05, 3.63) is 35.7 Å². The third-order valence-electron chi connectivity index (χ3n) is 5.11. The molecule has 2 fully saturated rings. The zero-order chi connectivity index (χ0) is 17.2. The number of halogens is 1. The quantitative estimate of drug-likeness (QED) is 0.844. The average molecular weight is 377 g/mol. The Morgan fingerprint density at radius 1 is 1.15 bits per heavy atom. The van der Waals surface area contributed by atoms with Gasteiger partial charge in [-0.25, -0.2) is 4.98 Å². The van der Waals surface area contributed by atoms with Crippen molar-refractivity contribution in [2.45, 2.75) is 19.4 Å². The van der Waals surface area contributed by atoms with Crippen molar-refractivity contribution in [1.82, 2.24) is 30.3 Å². The molecule has 2 aromatic rings. The fourth-order valence-corrected chi connectivity index (χ4v) is 3.69. The highest BCUT2D eigenvalue weighted by molar-refractivity contribution is 5.94. The van der Waals surface area contributed by atoms with Crippen LogP contribution >= 0.6 is 12.4 Å². The monoisotopic (exact) mass is 376 g/mol. The van der Waals surface area contributed by atoms with Crippen LogP contribution in [0, 0.1) is 6.92 Å². The van der Waals surface area contributed by atoms with Crippen LogP contribution in [0.4, 0.5) is 0 Å². The predicted octanol–water partition coefficient (Wildman–Crippen LogP) is 1.32. The molecule has 8 heteroatoms. The summed E-state index contributed by atoms with van der Waals surface area (Å²) in [5, 5.41) is 10.4. The molecule has 3 heterocycles. The maximum absolute atomic E-state index is 12.8. The Morgan fingerprint density at radius 2 is 1.88 bits per heavy atom. The third-order valence-corrected chi connectivity index (χ3v) is 5.11. The SMILES string of the molecule is Cc1nc(-c2ccc(C(=O)N3CCC(N4CCNCC4)C3)cc2)n[nH]1.Cl. The van der Waals surface area contributed by atoms with Gasteiger partial charge in [-0.3, -0.25) is 14.8 Å². The highest BCUT2D eigenvalue weighted by atomic mass is 35.5. The van der Waals surface area contributed by atoms with Crippen LogP contribution in [0.5, 0.6) is 0 Å². The second-order valence-electron chi connectivity index (χ2n) is 6.80. The summed E-state index contributed by atoms with van der Waals surface area (Å²) >= 11 is 0. The molecular formula is C18H25ClN6O. The van der Waals surface area contributed by atoms with Crippen molar-refractivity contribution < 1.29 is 4.79 Å². The van der Waals surface area contributed by atoms with Crippen LogP contribution in [-0.2, 0) is 0 Å². The second kappa shape index (κ2) is 8.16. The number of likely N-dealkylation sites (tertiary alicyclic amines) is 1.